The number of carbonyl (C=O) groups excluding carboxylic acids is 2. The molecule has 2 aromatic rings. The van der Waals surface area contributed by atoms with Crippen molar-refractivity contribution in [1.82, 2.24) is 20.0 Å². The highest BCUT2D eigenvalue weighted by Crippen LogP contribution is 2.39. The van der Waals surface area contributed by atoms with Gasteiger partial charge in [0.15, 0.2) is 0 Å². The van der Waals surface area contributed by atoms with Crippen molar-refractivity contribution >= 4 is 11.8 Å². The van der Waals surface area contributed by atoms with E-state index in [9.17, 15) is 14.7 Å². The molecule has 7 nitrogen and oxygen atoms in total. The number of rotatable bonds is 4. The Bertz CT molecular complexity index is 1250. The number of aliphatic hydroxyl groups is 1. The van der Waals surface area contributed by atoms with Crippen molar-refractivity contribution in [3.63, 3.8) is 0 Å². The van der Waals surface area contributed by atoms with Crippen LogP contribution in [0.15, 0.2) is 42.5 Å². The summed E-state index contributed by atoms with van der Waals surface area (Å²) in [5, 5.41) is 14.6. The first-order chi connectivity index (χ1) is 18.2. The summed E-state index contributed by atoms with van der Waals surface area (Å²) in [6.07, 6.45) is 3.38. The number of aliphatic hydroxyl groups excluding tert-OH is 1. The van der Waals surface area contributed by atoms with Crippen LogP contribution in [0.3, 0.4) is 0 Å². The molecule has 1 spiro atoms. The Morgan fingerprint density at radius 1 is 1.08 bits per heavy atom. The van der Waals surface area contributed by atoms with Crippen LogP contribution < -0.4 is 5.32 Å². The molecule has 0 saturated carbocycles. The summed E-state index contributed by atoms with van der Waals surface area (Å²) in [6, 6.07) is 13.8. The number of benzene rings is 2. The van der Waals surface area contributed by atoms with Crippen molar-refractivity contribution in [1.29, 1.82) is 0 Å². The lowest BCUT2D eigenvalue weighted by Gasteiger charge is -2.55. The lowest BCUT2D eigenvalue weighted by Crippen LogP contribution is -2.62. The monoisotopic (exact) mass is 516 g/mol. The number of hydrogen-bond acceptors (Lipinski definition) is 5. The third-order valence-corrected chi connectivity index (χ3v) is 9.79. The molecule has 7 heteroatoms. The van der Waals surface area contributed by atoms with Crippen LogP contribution in [0.1, 0.15) is 70.5 Å². The Hall–Kier alpha value is -2.74. The molecule has 2 fully saturated rings. The number of β-amino-alcohol motifs (C(OH)–C–C–N with tert-alkyl or cyclic N) is 1. The zero-order chi connectivity index (χ0) is 26.7. The molecule has 2 atom stereocenters. The van der Waals surface area contributed by atoms with E-state index in [4.69, 9.17) is 0 Å². The Morgan fingerprint density at radius 2 is 1.79 bits per heavy atom. The maximum atomic E-state index is 13.5. The second kappa shape index (κ2) is 9.47. The summed E-state index contributed by atoms with van der Waals surface area (Å²) in [7, 11) is 2.19. The van der Waals surface area contributed by atoms with Crippen molar-refractivity contribution in [2.75, 3.05) is 39.8 Å². The molecule has 2 aromatic carbocycles. The van der Waals surface area contributed by atoms with Gasteiger partial charge < -0.3 is 25.1 Å². The van der Waals surface area contributed by atoms with Gasteiger partial charge in [0.25, 0.3) is 11.8 Å². The van der Waals surface area contributed by atoms with E-state index in [2.05, 4.69) is 43.2 Å². The van der Waals surface area contributed by atoms with E-state index in [1.165, 1.54) is 17.5 Å². The van der Waals surface area contributed by atoms with E-state index in [-0.39, 0.29) is 29.8 Å². The van der Waals surface area contributed by atoms with E-state index < -0.39 is 6.10 Å². The van der Waals surface area contributed by atoms with Crippen LogP contribution in [0.4, 0.5) is 0 Å². The van der Waals surface area contributed by atoms with E-state index in [0.717, 1.165) is 51.0 Å². The van der Waals surface area contributed by atoms with E-state index in [1.54, 1.807) is 4.90 Å². The normalized spacial score (nSPS) is 24.9. The lowest BCUT2D eigenvalue weighted by atomic mass is 9.76. The van der Waals surface area contributed by atoms with Crippen LogP contribution in [0.5, 0.6) is 0 Å². The summed E-state index contributed by atoms with van der Waals surface area (Å²) in [4.78, 5) is 33.2. The summed E-state index contributed by atoms with van der Waals surface area (Å²) in [5.74, 6) is -0.00380. The number of nitrogens with zero attached hydrogens (tertiary/aromatic N) is 3. The van der Waals surface area contributed by atoms with Gasteiger partial charge in [-0.05, 0) is 67.6 Å². The third-order valence-electron chi connectivity index (χ3n) is 9.79. The summed E-state index contributed by atoms with van der Waals surface area (Å²) in [5.41, 5.74) is 4.73. The molecule has 0 radical (unpaired) electrons. The lowest BCUT2D eigenvalue weighted by molar-refractivity contribution is -0.0349. The number of carbonyl (C=O) groups is 2. The molecular formula is C31H40N4O3. The van der Waals surface area contributed by atoms with Gasteiger partial charge in [-0.2, -0.15) is 0 Å². The minimum atomic E-state index is -0.664. The first-order valence-corrected chi connectivity index (χ1v) is 14.1. The molecule has 4 heterocycles. The van der Waals surface area contributed by atoms with E-state index in [0.29, 0.717) is 23.2 Å². The highest BCUT2D eigenvalue weighted by atomic mass is 16.3. The Morgan fingerprint density at radius 3 is 2.47 bits per heavy atom. The highest BCUT2D eigenvalue weighted by molar-refractivity contribution is 6.00. The molecule has 2 amide bonds. The third kappa shape index (κ3) is 4.34. The van der Waals surface area contributed by atoms with Crippen molar-refractivity contribution < 1.29 is 14.7 Å². The molecule has 4 aliphatic heterocycles. The van der Waals surface area contributed by atoms with Gasteiger partial charge in [0.1, 0.15) is 0 Å². The fraction of sp³-hybridized carbons (Fsp3) is 0.548. The maximum Gasteiger partial charge on any atom is 0.254 e. The molecule has 2 saturated heterocycles. The molecular weight excluding hydrogens is 476 g/mol. The zero-order valence-corrected chi connectivity index (χ0v) is 22.9. The molecule has 0 bridgehead atoms. The standard InChI is InChI=1S/C31H40N4O3/c1-30(2)20-35(19-27(36)26-17-21-6-4-5-7-23(21)18-32-26)29(38)24-9-8-22(16-25(24)30)28(37)34-14-11-31(12-15-34)10-13-33(31)3/h4-9,16,26-27,32,36H,10-15,17-20H2,1-3H3/t26-,27+/m0/s1. The topological polar surface area (TPSA) is 76.1 Å². The van der Waals surface area contributed by atoms with Gasteiger partial charge in [-0.1, -0.05) is 38.1 Å². The summed E-state index contributed by atoms with van der Waals surface area (Å²) >= 11 is 0. The van der Waals surface area contributed by atoms with Gasteiger partial charge in [0, 0.05) is 67.4 Å². The van der Waals surface area contributed by atoms with Gasteiger partial charge in [-0.3, -0.25) is 9.59 Å². The van der Waals surface area contributed by atoms with Crippen molar-refractivity contribution in [2.45, 2.75) is 69.2 Å². The summed E-state index contributed by atoms with van der Waals surface area (Å²) < 4.78 is 0. The Balaban J connectivity index is 1.15. The van der Waals surface area contributed by atoms with E-state index >= 15 is 0 Å². The van der Waals surface area contributed by atoms with Gasteiger partial charge in [-0.25, -0.2) is 0 Å². The van der Waals surface area contributed by atoms with Gasteiger partial charge in [0.05, 0.1) is 6.10 Å². The number of amides is 2. The minimum absolute atomic E-state index is 0.0642. The number of fused-ring (bicyclic) bond motifs is 2. The molecule has 38 heavy (non-hydrogen) atoms. The summed E-state index contributed by atoms with van der Waals surface area (Å²) in [6.45, 7) is 8.49. The smallest absolute Gasteiger partial charge is 0.254 e. The number of hydrogen-bond donors (Lipinski definition) is 2. The van der Waals surface area contributed by atoms with Crippen molar-refractivity contribution in [3.8, 4) is 0 Å². The van der Waals surface area contributed by atoms with Crippen LogP contribution in [-0.4, -0.2) is 89.1 Å². The molecule has 2 N–H and O–H groups in total. The van der Waals surface area contributed by atoms with Crippen LogP contribution in [-0.2, 0) is 18.4 Å². The molecule has 0 aliphatic carbocycles. The Labute approximate surface area is 225 Å². The molecule has 202 valence electrons. The largest absolute Gasteiger partial charge is 0.390 e. The predicted molar refractivity (Wildman–Crippen MR) is 147 cm³/mol. The zero-order valence-electron chi connectivity index (χ0n) is 22.9. The molecule has 6 rings (SSSR count). The SMILES string of the molecule is CN1CCC12CCN(C(=O)c1ccc3c(c1)C(C)(C)CN(C[C@@H](O)[C@@H]1Cc4ccccc4CN1)C3=O)CC2. The quantitative estimate of drug-likeness (QED) is 0.654. The average molecular weight is 517 g/mol. The van der Waals surface area contributed by atoms with Gasteiger partial charge in [-0.15, -0.1) is 0 Å². The number of piperidine rings is 1. The van der Waals surface area contributed by atoms with Crippen molar-refractivity contribution in [2.24, 2.45) is 0 Å². The highest BCUT2D eigenvalue weighted by Gasteiger charge is 2.45. The molecule has 0 unspecified atom stereocenters. The first-order valence-electron chi connectivity index (χ1n) is 14.1. The second-order valence-electron chi connectivity index (χ2n) is 12.5. The average Bonchev–Trinajstić information content (AvgIpc) is 2.94. The minimum Gasteiger partial charge on any atom is -0.390 e. The fourth-order valence-corrected chi connectivity index (χ4v) is 7.07. The van der Waals surface area contributed by atoms with Crippen LogP contribution in [0.25, 0.3) is 0 Å². The predicted octanol–water partition coefficient (Wildman–Crippen LogP) is 2.81. The second-order valence-corrected chi connectivity index (χ2v) is 12.5. The number of likely N-dealkylation sites (tertiary alicyclic amines) is 2. The number of nitrogens with one attached hydrogen (secondary N) is 1. The first kappa shape index (κ1) is 25.5. The van der Waals surface area contributed by atoms with E-state index in [1.807, 2.05) is 35.2 Å². The van der Waals surface area contributed by atoms with Crippen LogP contribution in [0.2, 0.25) is 0 Å². The van der Waals surface area contributed by atoms with Gasteiger partial charge >= 0.3 is 0 Å². The van der Waals surface area contributed by atoms with Crippen molar-refractivity contribution in [3.05, 3.63) is 70.3 Å². The molecule has 4 aliphatic rings. The maximum absolute atomic E-state index is 13.5. The van der Waals surface area contributed by atoms with Crippen LogP contribution in [0, 0.1) is 0 Å². The Kier molecular flexibility index (Phi) is 6.36. The van der Waals surface area contributed by atoms with Crippen LogP contribution >= 0.6 is 0 Å². The van der Waals surface area contributed by atoms with Gasteiger partial charge in [0.2, 0.25) is 0 Å². The fourth-order valence-electron chi connectivity index (χ4n) is 7.07. The molecule has 0 aromatic heterocycles.